The van der Waals surface area contributed by atoms with E-state index in [0.29, 0.717) is 18.1 Å². The van der Waals surface area contributed by atoms with Crippen molar-refractivity contribution < 1.29 is 14.3 Å². The Balaban J connectivity index is 0.000000485. The van der Waals surface area contributed by atoms with Gasteiger partial charge in [0.25, 0.3) is 6.47 Å². The molecule has 0 aliphatic heterocycles. The number of fused-ring (bicyclic) bond motifs is 1. The van der Waals surface area contributed by atoms with Crippen LogP contribution in [0.5, 0.6) is 0 Å². The van der Waals surface area contributed by atoms with Crippen molar-refractivity contribution in [3.63, 3.8) is 0 Å². The minimum Gasteiger partial charge on any atom is -0.483 e. The maximum atomic E-state index is 14.0. The average Bonchev–Trinajstić information content (AvgIpc) is 3.15. The van der Waals surface area contributed by atoms with Gasteiger partial charge in [-0.3, -0.25) is 9.48 Å². The van der Waals surface area contributed by atoms with Crippen molar-refractivity contribution >= 4 is 12.1 Å². The van der Waals surface area contributed by atoms with E-state index in [0.717, 1.165) is 29.7 Å². The summed E-state index contributed by atoms with van der Waals surface area (Å²) < 4.78 is 17.7. The largest absolute Gasteiger partial charge is 0.483 e. The van der Waals surface area contributed by atoms with Gasteiger partial charge in [0, 0.05) is 30.2 Å². The number of nitrogens with zero attached hydrogens (tertiary/aromatic N) is 4. The number of carboxylic acid groups (broad SMARTS) is 1. The van der Waals surface area contributed by atoms with E-state index in [1.54, 1.807) is 0 Å². The fourth-order valence-electron chi connectivity index (χ4n) is 2.57. The predicted octanol–water partition coefficient (Wildman–Crippen LogP) is 2.60. The zero-order valence-electron chi connectivity index (χ0n) is 12.7. The number of pyridine rings is 1. The number of hydrogen-bond acceptors (Lipinski definition) is 3. The second kappa shape index (κ2) is 6.20. The summed E-state index contributed by atoms with van der Waals surface area (Å²) in [4.78, 5) is 12.8. The topological polar surface area (TPSA) is 72.4 Å². The Morgan fingerprint density at radius 3 is 2.74 bits per heavy atom. The Bertz CT molecular complexity index is 836. The lowest BCUT2D eigenvalue weighted by molar-refractivity contribution is -0.122. The Morgan fingerprint density at radius 2 is 2.13 bits per heavy atom. The van der Waals surface area contributed by atoms with Gasteiger partial charge >= 0.3 is 0 Å². The molecule has 0 saturated heterocycles. The maximum Gasteiger partial charge on any atom is 0.290 e. The molecule has 7 heteroatoms. The van der Waals surface area contributed by atoms with Crippen LogP contribution < -0.4 is 0 Å². The molecule has 3 heterocycles. The van der Waals surface area contributed by atoms with Gasteiger partial charge in [-0.25, -0.2) is 9.37 Å². The molecule has 1 aliphatic carbocycles. The molecule has 120 valence electrons. The molecule has 1 saturated carbocycles. The number of halogens is 1. The summed E-state index contributed by atoms with van der Waals surface area (Å²) in [6.07, 6.45) is 9.82. The highest BCUT2D eigenvalue weighted by Crippen LogP contribution is 2.41. The molecule has 3 aromatic rings. The summed E-state index contributed by atoms with van der Waals surface area (Å²) in [5.41, 5.74) is 3.48. The van der Waals surface area contributed by atoms with Crippen molar-refractivity contribution in [2.24, 2.45) is 0 Å². The second-order valence-electron chi connectivity index (χ2n) is 5.67. The van der Waals surface area contributed by atoms with Gasteiger partial charge in [0.05, 0.1) is 18.4 Å². The first-order chi connectivity index (χ1) is 11.1. The molecule has 0 aromatic carbocycles. The van der Waals surface area contributed by atoms with Crippen LogP contribution in [0.4, 0.5) is 4.39 Å². The lowest BCUT2D eigenvalue weighted by Gasteiger charge is -2.01. The van der Waals surface area contributed by atoms with E-state index < -0.39 is 0 Å². The molecule has 0 amide bonds. The van der Waals surface area contributed by atoms with Crippen LogP contribution in [0.15, 0.2) is 30.9 Å². The minimum atomic E-state index is -0.250. The Kier molecular flexibility index (Phi) is 4.10. The van der Waals surface area contributed by atoms with E-state index in [9.17, 15) is 4.39 Å². The molecular formula is C16H17FN4O2. The molecule has 3 aromatic heterocycles. The van der Waals surface area contributed by atoms with Crippen LogP contribution in [-0.4, -0.2) is 30.7 Å². The maximum absolute atomic E-state index is 14.0. The zero-order chi connectivity index (χ0) is 16.4. The Hall–Kier alpha value is -2.70. The lowest BCUT2D eigenvalue weighted by atomic mass is 10.2. The van der Waals surface area contributed by atoms with Crippen molar-refractivity contribution in [1.82, 2.24) is 19.2 Å². The van der Waals surface area contributed by atoms with Crippen LogP contribution >= 0.6 is 0 Å². The number of aryl methyl sites for hydroxylation is 1. The van der Waals surface area contributed by atoms with Gasteiger partial charge in [0.1, 0.15) is 11.5 Å². The van der Waals surface area contributed by atoms with Gasteiger partial charge in [-0.05, 0) is 31.2 Å². The quantitative estimate of drug-likeness (QED) is 0.754. The summed E-state index contributed by atoms with van der Waals surface area (Å²) >= 11 is 0. The molecule has 23 heavy (non-hydrogen) atoms. The fourth-order valence-corrected chi connectivity index (χ4v) is 2.57. The standard InChI is InChI=1S/C15H15FN4.CH2O2/c1-10-5-17-20(6-10)8-12-7-19-9-13(11-2-3-11)14(16)4-15(19)18-12;2-1-3/h4-7,9,11H,2-3,8H2,1H3;1H,(H,2,3). The minimum absolute atomic E-state index is 0.132. The monoisotopic (exact) mass is 316 g/mol. The summed E-state index contributed by atoms with van der Waals surface area (Å²) in [7, 11) is 0. The Morgan fingerprint density at radius 1 is 1.39 bits per heavy atom. The molecular weight excluding hydrogens is 299 g/mol. The summed E-state index contributed by atoms with van der Waals surface area (Å²) in [5.74, 6) is 0.270. The molecule has 0 spiro atoms. The van der Waals surface area contributed by atoms with E-state index in [1.807, 2.05) is 40.8 Å². The highest BCUT2D eigenvalue weighted by molar-refractivity contribution is 5.43. The Labute approximate surface area is 132 Å². The van der Waals surface area contributed by atoms with Crippen molar-refractivity contribution in [2.75, 3.05) is 0 Å². The first kappa shape index (κ1) is 15.2. The van der Waals surface area contributed by atoms with Crippen LogP contribution in [0.2, 0.25) is 0 Å². The van der Waals surface area contributed by atoms with Gasteiger partial charge in [-0.1, -0.05) is 0 Å². The number of imidazole rings is 1. The molecule has 0 unspecified atom stereocenters. The molecule has 4 rings (SSSR count). The van der Waals surface area contributed by atoms with Crippen LogP contribution in [0, 0.1) is 12.7 Å². The van der Waals surface area contributed by atoms with Crippen molar-refractivity contribution in [1.29, 1.82) is 0 Å². The van der Waals surface area contributed by atoms with E-state index >= 15 is 0 Å². The normalized spacial score (nSPS) is 13.7. The van der Waals surface area contributed by atoms with Crippen molar-refractivity contribution in [3.05, 3.63) is 53.5 Å². The summed E-state index contributed by atoms with van der Waals surface area (Å²) in [6.45, 7) is 2.36. The van der Waals surface area contributed by atoms with Gasteiger partial charge in [-0.2, -0.15) is 5.10 Å². The summed E-state index contributed by atoms with van der Waals surface area (Å²) in [5, 5.41) is 11.1. The number of rotatable bonds is 3. The molecule has 0 atom stereocenters. The van der Waals surface area contributed by atoms with Crippen LogP contribution in [0.25, 0.3) is 5.65 Å². The van der Waals surface area contributed by atoms with E-state index in [1.165, 1.54) is 6.07 Å². The highest BCUT2D eigenvalue weighted by atomic mass is 19.1. The lowest BCUT2D eigenvalue weighted by Crippen LogP contribution is -1.99. The zero-order valence-corrected chi connectivity index (χ0v) is 12.7. The molecule has 1 aliphatic rings. The third-order valence-corrected chi connectivity index (χ3v) is 3.72. The first-order valence-electron chi connectivity index (χ1n) is 7.34. The highest BCUT2D eigenvalue weighted by Gasteiger charge is 2.27. The van der Waals surface area contributed by atoms with E-state index in [2.05, 4.69) is 10.1 Å². The third kappa shape index (κ3) is 3.39. The van der Waals surface area contributed by atoms with Crippen LogP contribution in [0.3, 0.4) is 0 Å². The van der Waals surface area contributed by atoms with E-state index in [4.69, 9.17) is 9.90 Å². The van der Waals surface area contributed by atoms with Gasteiger partial charge in [0.15, 0.2) is 0 Å². The number of aromatic nitrogens is 4. The van der Waals surface area contributed by atoms with Gasteiger partial charge in [0.2, 0.25) is 0 Å². The fraction of sp³-hybridized carbons (Fsp3) is 0.312. The van der Waals surface area contributed by atoms with Crippen LogP contribution in [0.1, 0.15) is 35.6 Å². The average molecular weight is 316 g/mol. The SMILES string of the molecule is Cc1cnn(Cc2cn3cc(C4CC4)c(F)cc3n2)c1.O=CO. The van der Waals surface area contributed by atoms with Crippen molar-refractivity contribution in [2.45, 2.75) is 32.2 Å². The van der Waals surface area contributed by atoms with E-state index in [-0.39, 0.29) is 12.3 Å². The van der Waals surface area contributed by atoms with Crippen molar-refractivity contribution in [3.8, 4) is 0 Å². The second-order valence-corrected chi connectivity index (χ2v) is 5.67. The van der Waals surface area contributed by atoms with Gasteiger partial charge < -0.3 is 9.51 Å². The summed E-state index contributed by atoms with van der Waals surface area (Å²) in [6, 6.07) is 1.53. The predicted molar refractivity (Wildman–Crippen MR) is 81.9 cm³/mol. The smallest absolute Gasteiger partial charge is 0.290 e. The van der Waals surface area contributed by atoms with Crippen LogP contribution in [-0.2, 0) is 11.3 Å². The molecule has 1 N–H and O–H groups in total. The molecule has 1 fully saturated rings. The molecule has 0 radical (unpaired) electrons. The first-order valence-corrected chi connectivity index (χ1v) is 7.34. The number of carbonyl (C=O) groups is 1. The molecule has 6 nitrogen and oxygen atoms in total. The van der Waals surface area contributed by atoms with Gasteiger partial charge in [-0.15, -0.1) is 0 Å². The number of hydrogen-bond donors (Lipinski definition) is 1. The third-order valence-electron chi connectivity index (χ3n) is 3.72. The molecule has 0 bridgehead atoms.